The van der Waals surface area contributed by atoms with E-state index in [1.54, 1.807) is 12.1 Å². The van der Waals surface area contributed by atoms with Crippen LogP contribution in [0.3, 0.4) is 0 Å². The normalized spacial score (nSPS) is 20.6. The molecule has 7 heteroatoms. The summed E-state index contributed by atoms with van der Waals surface area (Å²) < 4.78 is 26.4. The Bertz CT molecular complexity index is 583. The van der Waals surface area contributed by atoms with E-state index in [-0.39, 0.29) is 16.8 Å². The van der Waals surface area contributed by atoms with E-state index in [1.807, 2.05) is 6.92 Å². The molecule has 1 aliphatic rings. The quantitative estimate of drug-likeness (QED) is 0.857. The van der Waals surface area contributed by atoms with Crippen molar-refractivity contribution in [2.75, 3.05) is 25.0 Å². The number of nitrogens with one attached hydrogen (secondary N) is 2. The molecule has 0 aromatic heterocycles. The molecule has 0 bridgehead atoms. The number of carbonyl (C=O) groups excluding carboxylic acids is 1. The van der Waals surface area contributed by atoms with Crippen molar-refractivity contribution < 1.29 is 13.2 Å². The zero-order chi connectivity index (χ0) is 14.8. The molecule has 0 spiro atoms. The SMILES string of the molecule is CC(=O)Nc1ccc(S(=O)(=O)N2CCNC(C)C2)cc1. The van der Waals surface area contributed by atoms with Crippen molar-refractivity contribution in [3.63, 3.8) is 0 Å². The Morgan fingerprint density at radius 2 is 2.00 bits per heavy atom. The van der Waals surface area contributed by atoms with Gasteiger partial charge >= 0.3 is 0 Å². The first-order chi connectivity index (χ1) is 9.39. The zero-order valence-electron chi connectivity index (χ0n) is 11.6. The fourth-order valence-corrected chi connectivity index (χ4v) is 3.71. The van der Waals surface area contributed by atoms with E-state index in [4.69, 9.17) is 0 Å². The second-order valence-electron chi connectivity index (χ2n) is 4.92. The highest BCUT2D eigenvalue weighted by Crippen LogP contribution is 2.19. The van der Waals surface area contributed by atoms with Gasteiger partial charge in [0.05, 0.1) is 4.90 Å². The average Bonchev–Trinajstić information content (AvgIpc) is 2.38. The number of hydrogen-bond acceptors (Lipinski definition) is 4. The topological polar surface area (TPSA) is 78.5 Å². The Balaban J connectivity index is 2.19. The fraction of sp³-hybridized carbons (Fsp3) is 0.462. The average molecular weight is 297 g/mol. The third kappa shape index (κ3) is 3.36. The van der Waals surface area contributed by atoms with Gasteiger partial charge in [0, 0.05) is 38.3 Å². The molecule has 1 aliphatic heterocycles. The number of piperazine rings is 1. The van der Waals surface area contributed by atoms with E-state index < -0.39 is 10.0 Å². The van der Waals surface area contributed by atoms with E-state index in [0.29, 0.717) is 25.3 Å². The summed E-state index contributed by atoms with van der Waals surface area (Å²) in [6.45, 7) is 4.97. The van der Waals surface area contributed by atoms with Crippen LogP contribution in [0.5, 0.6) is 0 Å². The Hall–Kier alpha value is -1.44. The largest absolute Gasteiger partial charge is 0.326 e. The van der Waals surface area contributed by atoms with E-state index in [2.05, 4.69) is 10.6 Å². The molecule has 1 atom stereocenters. The molecule has 0 aliphatic carbocycles. The van der Waals surface area contributed by atoms with Crippen LogP contribution in [0.25, 0.3) is 0 Å². The van der Waals surface area contributed by atoms with Crippen LogP contribution in [-0.4, -0.2) is 44.3 Å². The Kier molecular flexibility index (Phi) is 4.42. The number of nitrogens with zero attached hydrogens (tertiary/aromatic N) is 1. The van der Waals surface area contributed by atoms with Gasteiger partial charge in [-0.3, -0.25) is 4.79 Å². The van der Waals surface area contributed by atoms with Crippen molar-refractivity contribution in [2.45, 2.75) is 24.8 Å². The van der Waals surface area contributed by atoms with Crippen molar-refractivity contribution in [1.29, 1.82) is 0 Å². The molecular formula is C13H19N3O3S. The Morgan fingerprint density at radius 1 is 1.35 bits per heavy atom. The molecule has 1 fully saturated rings. The summed E-state index contributed by atoms with van der Waals surface area (Å²) in [7, 11) is -3.46. The number of benzene rings is 1. The van der Waals surface area contributed by atoms with Crippen molar-refractivity contribution in [3.05, 3.63) is 24.3 Å². The molecular weight excluding hydrogens is 278 g/mol. The minimum atomic E-state index is -3.46. The van der Waals surface area contributed by atoms with Crippen molar-refractivity contribution in [1.82, 2.24) is 9.62 Å². The lowest BCUT2D eigenvalue weighted by Gasteiger charge is -2.31. The van der Waals surface area contributed by atoms with Gasteiger partial charge in [0.1, 0.15) is 0 Å². The third-order valence-corrected chi connectivity index (χ3v) is 5.02. The minimum absolute atomic E-state index is 0.150. The van der Waals surface area contributed by atoms with Crippen LogP contribution < -0.4 is 10.6 Å². The van der Waals surface area contributed by atoms with Gasteiger partial charge in [-0.1, -0.05) is 0 Å². The predicted octanol–water partition coefficient (Wildman–Crippen LogP) is 0.627. The summed E-state index contributed by atoms with van der Waals surface area (Å²) in [5, 5.41) is 5.83. The lowest BCUT2D eigenvalue weighted by atomic mass is 10.3. The van der Waals surface area contributed by atoms with Gasteiger partial charge in [-0.25, -0.2) is 8.42 Å². The highest BCUT2D eigenvalue weighted by molar-refractivity contribution is 7.89. The number of carbonyl (C=O) groups is 1. The molecule has 6 nitrogen and oxygen atoms in total. The van der Waals surface area contributed by atoms with E-state index in [0.717, 1.165) is 0 Å². The summed E-state index contributed by atoms with van der Waals surface area (Å²) in [5.41, 5.74) is 0.588. The number of hydrogen-bond donors (Lipinski definition) is 2. The van der Waals surface area contributed by atoms with Crippen LogP contribution in [0.15, 0.2) is 29.2 Å². The maximum Gasteiger partial charge on any atom is 0.243 e. The molecule has 20 heavy (non-hydrogen) atoms. The monoisotopic (exact) mass is 297 g/mol. The molecule has 1 aromatic carbocycles. The summed E-state index contributed by atoms with van der Waals surface area (Å²) in [6, 6.07) is 6.39. The lowest BCUT2D eigenvalue weighted by Crippen LogP contribution is -2.51. The second-order valence-corrected chi connectivity index (χ2v) is 6.86. The molecule has 1 heterocycles. The van der Waals surface area contributed by atoms with E-state index >= 15 is 0 Å². The van der Waals surface area contributed by atoms with Crippen molar-refractivity contribution in [2.24, 2.45) is 0 Å². The van der Waals surface area contributed by atoms with Crippen LogP contribution in [0, 0.1) is 0 Å². The highest BCUT2D eigenvalue weighted by Gasteiger charge is 2.28. The van der Waals surface area contributed by atoms with Crippen molar-refractivity contribution in [3.8, 4) is 0 Å². The van der Waals surface area contributed by atoms with Crippen molar-refractivity contribution >= 4 is 21.6 Å². The third-order valence-electron chi connectivity index (χ3n) is 3.14. The van der Waals surface area contributed by atoms with E-state index in [9.17, 15) is 13.2 Å². The maximum atomic E-state index is 12.5. The molecule has 1 saturated heterocycles. The molecule has 2 rings (SSSR count). The van der Waals surface area contributed by atoms with Gasteiger partial charge in [-0.15, -0.1) is 0 Å². The van der Waals surface area contributed by atoms with Gasteiger partial charge in [-0.05, 0) is 31.2 Å². The van der Waals surface area contributed by atoms with Crippen LogP contribution in [0.2, 0.25) is 0 Å². The first kappa shape index (κ1) is 15.0. The molecule has 1 aromatic rings. The van der Waals surface area contributed by atoms with Gasteiger partial charge < -0.3 is 10.6 Å². The molecule has 2 N–H and O–H groups in total. The predicted molar refractivity (Wildman–Crippen MR) is 77.0 cm³/mol. The Labute approximate surface area is 119 Å². The smallest absolute Gasteiger partial charge is 0.243 e. The molecule has 1 amide bonds. The maximum absolute atomic E-state index is 12.5. The first-order valence-electron chi connectivity index (χ1n) is 6.51. The van der Waals surface area contributed by atoms with E-state index in [1.165, 1.54) is 23.4 Å². The zero-order valence-corrected chi connectivity index (χ0v) is 12.4. The van der Waals surface area contributed by atoms with Gasteiger partial charge in [0.15, 0.2) is 0 Å². The number of rotatable bonds is 3. The Morgan fingerprint density at radius 3 is 2.55 bits per heavy atom. The van der Waals surface area contributed by atoms with Gasteiger partial charge in [-0.2, -0.15) is 4.31 Å². The summed E-state index contributed by atoms with van der Waals surface area (Å²) >= 11 is 0. The number of sulfonamides is 1. The number of amides is 1. The van der Waals surface area contributed by atoms with Crippen LogP contribution in [-0.2, 0) is 14.8 Å². The molecule has 0 radical (unpaired) electrons. The van der Waals surface area contributed by atoms with Gasteiger partial charge in [0.25, 0.3) is 0 Å². The summed E-state index contributed by atoms with van der Waals surface area (Å²) in [4.78, 5) is 11.2. The minimum Gasteiger partial charge on any atom is -0.326 e. The highest BCUT2D eigenvalue weighted by atomic mass is 32.2. The standard InChI is InChI=1S/C13H19N3O3S/c1-10-9-16(8-7-14-10)20(18,19)13-5-3-12(4-6-13)15-11(2)17/h3-6,10,14H,7-9H2,1-2H3,(H,15,17). The summed E-state index contributed by atoms with van der Waals surface area (Å²) in [6.07, 6.45) is 0. The number of anilines is 1. The first-order valence-corrected chi connectivity index (χ1v) is 7.95. The fourth-order valence-electron chi connectivity index (χ4n) is 2.18. The van der Waals surface area contributed by atoms with Crippen LogP contribution >= 0.6 is 0 Å². The molecule has 1 unspecified atom stereocenters. The lowest BCUT2D eigenvalue weighted by molar-refractivity contribution is -0.114. The van der Waals surface area contributed by atoms with Crippen LogP contribution in [0.4, 0.5) is 5.69 Å². The second kappa shape index (κ2) is 5.90. The molecule has 0 saturated carbocycles. The molecule has 110 valence electrons. The van der Waals surface area contributed by atoms with Gasteiger partial charge in [0.2, 0.25) is 15.9 Å². The summed E-state index contributed by atoms with van der Waals surface area (Å²) in [5.74, 6) is -0.184. The van der Waals surface area contributed by atoms with Crippen LogP contribution in [0.1, 0.15) is 13.8 Å².